The molecule has 0 radical (unpaired) electrons. The molecule has 0 spiro atoms. The molecule has 5 nitrogen and oxygen atoms in total. The first-order valence-electron chi connectivity index (χ1n) is 9.88. The molecule has 0 fully saturated rings. The summed E-state index contributed by atoms with van der Waals surface area (Å²) in [5, 5.41) is 0.576. The second-order valence-electron chi connectivity index (χ2n) is 8.20. The minimum Gasteiger partial charge on any atom is -0.468 e. The minimum absolute atomic E-state index is 0.152. The highest BCUT2D eigenvalue weighted by atomic mass is 35.5. The number of anilines is 1. The zero-order valence-electron chi connectivity index (χ0n) is 18.7. The topological polar surface area (TPSA) is 55.8 Å². The van der Waals surface area contributed by atoms with E-state index in [1.807, 2.05) is 19.9 Å². The number of rotatable bonds is 5. The van der Waals surface area contributed by atoms with Crippen LogP contribution in [0.2, 0.25) is 5.02 Å². The summed E-state index contributed by atoms with van der Waals surface area (Å²) in [6.45, 7) is 10.5. The number of ether oxygens (including phenoxy) is 2. The molecule has 0 heterocycles. The van der Waals surface area contributed by atoms with Gasteiger partial charge in [-0.1, -0.05) is 56.6 Å². The third-order valence-corrected chi connectivity index (χ3v) is 5.38. The van der Waals surface area contributed by atoms with Crippen LogP contribution in [0.1, 0.15) is 55.9 Å². The first-order valence-corrected chi connectivity index (χ1v) is 10.3. The molecule has 0 aliphatic heterocycles. The maximum atomic E-state index is 13.0. The van der Waals surface area contributed by atoms with Gasteiger partial charge in [-0.3, -0.25) is 9.69 Å². The van der Waals surface area contributed by atoms with E-state index >= 15 is 0 Å². The molecule has 2 aromatic carbocycles. The van der Waals surface area contributed by atoms with E-state index in [0.29, 0.717) is 22.8 Å². The van der Waals surface area contributed by atoms with Crippen molar-refractivity contribution in [1.29, 1.82) is 0 Å². The summed E-state index contributed by atoms with van der Waals surface area (Å²) in [6, 6.07) is 11.1. The second-order valence-corrected chi connectivity index (χ2v) is 8.64. The molecule has 162 valence electrons. The highest BCUT2D eigenvalue weighted by Crippen LogP contribution is 2.40. The summed E-state index contributed by atoms with van der Waals surface area (Å²) < 4.78 is 10.2. The summed E-state index contributed by atoms with van der Waals surface area (Å²) in [5.41, 5.74) is 3.87. The van der Waals surface area contributed by atoms with Crippen LogP contribution < -0.4 is 4.90 Å². The van der Waals surface area contributed by atoms with Crippen LogP contribution in [0.4, 0.5) is 10.5 Å². The lowest BCUT2D eigenvalue weighted by Gasteiger charge is -2.30. The SMILES string of the molecule is CCN(C(=O)OC)c1c(C)cc(C(C)(C)C)cc1C(C(=O)OC)c1ccc(Cl)cc1. The van der Waals surface area contributed by atoms with Gasteiger partial charge in [-0.25, -0.2) is 4.79 Å². The maximum absolute atomic E-state index is 13.0. The van der Waals surface area contributed by atoms with Crippen LogP contribution >= 0.6 is 11.6 Å². The number of hydrogen-bond donors (Lipinski definition) is 0. The summed E-state index contributed by atoms with van der Waals surface area (Å²) >= 11 is 6.07. The Morgan fingerprint density at radius 2 is 1.67 bits per heavy atom. The molecule has 0 aliphatic rings. The Kier molecular flexibility index (Phi) is 7.54. The Morgan fingerprint density at radius 1 is 1.07 bits per heavy atom. The molecule has 1 unspecified atom stereocenters. The van der Waals surface area contributed by atoms with E-state index in [2.05, 4.69) is 26.8 Å². The summed E-state index contributed by atoms with van der Waals surface area (Å²) in [4.78, 5) is 27.1. The molecule has 2 aromatic rings. The number of carbonyl (C=O) groups is 2. The van der Waals surface area contributed by atoms with Crippen molar-refractivity contribution in [3.63, 3.8) is 0 Å². The van der Waals surface area contributed by atoms with Gasteiger partial charge in [0.15, 0.2) is 0 Å². The van der Waals surface area contributed by atoms with Gasteiger partial charge >= 0.3 is 12.1 Å². The van der Waals surface area contributed by atoms with E-state index in [-0.39, 0.29) is 5.41 Å². The van der Waals surface area contributed by atoms with Crippen LogP contribution in [0.5, 0.6) is 0 Å². The standard InChI is InChI=1S/C24H30ClNO4/c1-8-26(23(28)30-7)21-15(2)13-17(24(3,4)5)14-19(21)20(22(27)29-6)16-9-11-18(25)12-10-16/h9-14,20H,8H2,1-7H3. The summed E-state index contributed by atoms with van der Waals surface area (Å²) in [5.74, 6) is -1.13. The van der Waals surface area contributed by atoms with Crippen molar-refractivity contribution in [2.75, 3.05) is 25.7 Å². The van der Waals surface area contributed by atoms with Gasteiger partial charge < -0.3 is 9.47 Å². The largest absolute Gasteiger partial charge is 0.468 e. The van der Waals surface area contributed by atoms with Crippen LogP contribution in [-0.4, -0.2) is 32.8 Å². The van der Waals surface area contributed by atoms with Crippen molar-refractivity contribution in [1.82, 2.24) is 0 Å². The zero-order chi connectivity index (χ0) is 22.6. The Labute approximate surface area is 183 Å². The Balaban J connectivity index is 2.88. The van der Waals surface area contributed by atoms with Crippen LogP contribution in [-0.2, 0) is 19.7 Å². The number of amides is 1. The zero-order valence-corrected chi connectivity index (χ0v) is 19.5. The average molecular weight is 432 g/mol. The smallest absolute Gasteiger partial charge is 0.414 e. The normalized spacial score (nSPS) is 12.3. The van der Waals surface area contributed by atoms with Crippen molar-refractivity contribution in [2.45, 2.75) is 46.0 Å². The number of nitrogens with zero attached hydrogens (tertiary/aromatic N) is 1. The maximum Gasteiger partial charge on any atom is 0.414 e. The Hall–Kier alpha value is -2.53. The van der Waals surface area contributed by atoms with E-state index in [1.54, 1.807) is 29.2 Å². The molecule has 0 saturated heterocycles. The molecule has 0 saturated carbocycles. The summed E-state index contributed by atoms with van der Waals surface area (Å²) in [7, 11) is 2.71. The van der Waals surface area contributed by atoms with Crippen LogP contribution in [0.3, 0.4) is 0 Å². The number of aryl methyl sites for hydroxylation is 1. The third-order valence-electron chi connectivity index (χ3n) is 5.13. The highest BCUT2D eigenvalue weighted by molar-refractivity contribution is 6.30. The molecule has 1 atom stereocenters. The molecule has 0 N–H and O–H groups in total. The van der Waals surface area contributed by atoms with Gasteiger partial charge in [0, 0.05) is 11.6 Å². The fraction of sp³-hybridized carbons (Fsp3) is 0.417. The predicted octanol–water partition coefficient (Wildman–Crippen LogP) is 5.84. The number of esters is 1. The molecule has 30 heavy (non-hydrogen) atoms. The van der Waals surface area contributed by atoms with Crippen molar-refractivity contribution >= 4 is 29.4 Å². The van der Waals surface area contributed by atoms with Crippen molar-refractivity contribution in [3.05, 3.63) is 63.7 Å². The van der Waals surface area contributed by atoms with Gasteiger partial charge in [-0.15, -0.1) is 0 Å². The predicted molar refractivity (Wildman–Crippen MR) is 121 cm³/mol. The number of halogens is 1. The first-order chi connectivity index (χ1) is 14.0. The number of carbonyl (C=O) groups excluding carboxylic acids is 2. The molecular formula is C24H30ClNO4. The van der Waals surface area contributed by atoms with E-state index in [1.165, 1.54) is 14.2 Å². The van der Waals surface area contributed by atoms with Crippen LogP contribution in [0.25, 0.3) is 0 Å². The van der Waals surface area contributed by atoms with Crippen molar-refractivity contribution < 1.29 is 19.1 Å². The van der Waals surface area contributed by atoms with Crippen molar-refractivity contribution in [3.8, 4) is 0 Å². The number of hydrogen-bond acceptors (Lipinski definition) is 4. The van der Waals surface area contributed by atoms with Gasteiger partial charge in [0.1, 0.15) is 5.92 Å². The second kappa shape index (κ2) is 9.52. The van der Waals surface area contributed by atoms with Crippen molar-refractivity contribution in [2.24, 2.45) is 0 Å². The first kappa shape index (κ1) is 23.7. The summed E-state index contributed by atoms with van der Waals surface area (Å²) in [6.07, 6.45) is -0.481. The Bertz CT molecular complexity index is 916. The van der Waals surface area contributed by atoms with Crippen LogP contribution in [0.15, 0.2) is 36.4 Å². The number of benzene rings is 2. The van der Waals surface area contributed by atoms with E-state index in [9.17, 15) is 9.59 Å². The number of methoxy groups -OCH3 is 2. The molecule has 1 amide bonds. The fourth-order valence-corrected chi connectivity index (χ4v) is 3.66. The molecular weight excluding hydrogens is 402 g/mol. The molecule has 2 rings (SSSR count). The third kappa shape index (κ3) is 4.96. The van der Waals surface area contributed by atoms with Gasteiger partial charge in [-0.05, 0) is 53.6 Å². The van der Waals surface area contributed by atoms with Gasteiger partial charge in [0.2, 0.25) is 0 Å². The van der Waals surface area contributed by atoms with E-state index < -0.39 is 18.0 Å². The molecule has 6 heteroatoms. The fourth-order valence-electron chi connectivity index (χ4n) is 3.53. The lowest BCUT2D eigenvalue weighted by atomic mass is 9.80. The lowest BCUT2D eigenvalue weighted by molar-refractivity contribution is -0.141. The van der Waals surface area contributed by atoms with Gasteiger partial charge in [-0.2, -0.15) is 0 Å². The lowest BCUT2D eigenvalue weighted by Crippen LogP contribution is -2.33. The monoisotopic (exact) mass is 431 g/mol. The highest BCUT2D eigenvalue weighted by Gasteiger charge is 2.32. The van der Waals surface area contributed by atoms with Gasteiger partial charge in [0.05, 0.1) is 19.9 Å². The van der Waals surface area contributed by atoms with Crippen LogP contribution in [0, 0.1) is 6.92 Å². The molecule has 0 aliphatic carbocycles. The average Bonchev–Trinajstić information content (AvgIpc) is 2.70. The minimum atomic E-state index is -0.720. The molecule has 0 bridgehead atoms. The van der Waals surface area contributed by atoms with E-state index in [4.69, 9.17) is 21.1 Å². The van der Waals surface area contributed by atoms with Gasteiger partial charge in [0.25, 0.3) is 0 Å². The molecule has 0 aromatic heterocycles. The quantitative estimate of drug-likeness (QED) is 0.557. The van der Waals surface area contributed by atoms with E-state index in [0.717, 1.165) is 16.7 Å². The Morgan fingerprint density at radius 3 is 2.13 bits per heavy atom.